The summed E-state index contributed by atoms with van der Waals surface area (Å²) in [6.07, 6.45) is 0. The highest BCUT2D eigenvalue weighted by molar-refractivity contribution is 5.96. The SMILES string of the molecule is CCOC(=O)C(C)NC(=O)c1ccc(F)c(F)c1. The molecular weight excluding hydrogens is 244 g/mol. The zero-order valence-corrected chi connectivity index (χ0v) is 10.00. The molecule has 0 aromatic heterocycles. The molecule has 1 aromatic rings. The molecule has 0 radical (unpaired) electrons. The quantitative estimate of drug-likeness (QED) is 0.834. The number of amides is 1. The van der Waals surface area contributed by atoms with Crippen LogP contribution in [0.3, 0.4) is 0 Å². The Bertz CT molecular complexity index is 463. The van der Waals surface area contributed by atoms with E-state index in [1.807, 2.05) is 0 Å². The molecule has 0 fully saturated rings. The summed E-state index contributed by atoms with van der Waals surface area (Å²) in [7, 11) is 0. The second-order valence-corrected chi connectivity index (χ2v) is 3.58. The number of carbonyl (C=O) groups excluding carboxylic acids is 2. The van der Waals surface area contributed by atoms with E-state index in [1.165, 1.54) is 6.92 Å². The fourth-order valence-corrected chi connectivity index (χ4v) is 1.24. The van der Waals surface area contributed by atoms with Gasteiger partial charge in [-0.2, -0.15) is 0 Å². The van der Waals surface area contributed by atoms with Gasteiger partial charge in [-0.25, -0.2) is 13.6 Å². The molecule has 1 rings (SSSR count). The van der Waals surface area contributed by atoms with Crippen LogP contribution in [0.15, 0.2) is 18.2 Å². The van der Waals surface area contributed by atoms with Crippen molar-refractivity contribution in [1.82, 2.24) is 5.32 Å². The lowest BCUT2D eigenvalue weighted by atomic mass is 10.2. The standard InChI is InChI=1S/C12H13F2NO3/c1-3-18-12(17)7(2)15-11(16)8-4-5-9(13)10(14)6-8/h4-7H,3H2,1-2H3,(H,15,16). The summed E-state index contributed by atoms with van der Waals surface area (Å²) < 4.78 is 30.3. The van der Waals surface area contributed by atoms with Crippen LogP contribution in [0.2, 0.25) is 0 Å². The Morgan fingerprint density at radius 2 is 2.00 bits per heavy atom. The van der Waals surface area contributed by atoms with Crippen LogP contribution in [0.4, 0.5) is 8.78 Å². The van der Waals surface area contributed by atoms with Gasteiger partial charge in [0.1, 0.15) is 6.04 Å². The Hall–Kier alpha value is -1.98. The molecule has 1 amide bonds. The first-order valence-electron chi connectivity index (χ1n) is 5.38. The largest absolute Gasteiger partial charge is 0.464 e. The van der Waals surface area contributed by atoms with Crippen molar-refractivity contribution in [1.29, 1.82) is 0 Å². The third kappa shape index (κ3) is 3.51. The molecule has 0 aliphatic heterocycles. The van der Waals surface area contributed by atoms with Crippen LogP contribution in [-0.2, 0) is 9.53 Å². The van der Waals surface area contributed by atoms with E-state index < -0.39 is 29.6 Å². The summed E-state index contributed by atoms with van der Waals surface area (Å²) in [4.78, 5) is 22.9. The van der Waals surface area contributed by atoms with Crippen LogP contribution in [0.1, 0.15) is 24.2 Å². The van der Waals surface area contributed by atoms with Gasteiger partial charge in [-0.15, -0.1) is 0 Å². The van der Waals surface area contributed by atoms with Crippen LogP contribution in [0, 0.1) is 11.6 Å². The number of benzene rings is 1. The molecule has 18 heavy (non-hydrogen) atoms. The van der Waals surface area contributed by atoms with E-state index in [4.69, 9.17) is 4.74 Å². The maximum atomic E-state index is 12.9. The van der Waals surface area contributed by atoms with E-state index in [2.05, 4.69) is 5.32 Å². The third-order valence-corrected chi connectivity index (χ3v) is 2.17. The lowest BCUT2D eigenvalue weighted by Crippen LogP contribution is -2.39. The molecule has 0 spiro atoms. The monoisotopic (exact) mass is 257 g/mol. The van der Waals surface area contributed by atoms with Crippen LogP contribution < -0.4 is 5.32 Å². The Kier molecular flexibility index (Phi) is 4.76. The van der Waals surface area contributed by atoms with Gasteiger partial charge in [-0.3, -0.25) is 4.79 Å². The molecule has 0 aliphatic rings. The van der Waals surface area contributed by atoms with E-state index >= 15 is 0 Å². The molecule has 98 valence electrons. The van der Waals surface area contributed by atoms with Gasteiger partial charge < -0.3 is 10.1 Å². The lowest BCUT2D eigenvalue weighted by Gasteiger charge is -2.12. The minimum absolute atomic E-state index is 0.0648. The minimum atomic E-state index is -1.12. The highest BCUT2D eigenvalue weighted by Gasteiger charge is 2.18. The van der Waals surface area contributed by atoms with Gasteiger partial charge >= 0.3 is 5.97 Å². The van der Waals surface area contributed by atoms with E-state index in [9.17, 15) is 18.4 Å². The van der Waals surface area contributed by atoms with Crippen molar-refractivity contribution in [3.05, 3.63) is 35.4 Å². The molecule has 6 heteroatoms. The first kappa shape index (κ1) is 14.1. The zero-order chi connectivity index (χ0) is 13.7. The Morgan fingerprint density at radius 1 is 1.33 bits per heavy atom. The fraction of sp³-hybridized carbons (Fsp3) is 0.333. The Labute approximate surface area is 103 Å². The zero-order valence-electron chi connectivity index (χ0n) is 10.00. The van der Waals surface area contributed by atoms with Gasteiger partial charge in [0.05, 0.1) is 6.61 Å². The predicted octanol–water partition coefficient (Wildman–Crippen LogP) is 1.65. The Balaban J connectivity index is 2.70. The van der Waals surface area contributed by atoms with Gasteiger partial charge in [0.15, 0.2) is 11.6 Å². The molecule has 0 saturated carbocycles. The predicted molar refractivity (Wildman–Crippen MR) is 59.9 cm³/mol. The number of carbonyl (C=O) groups is 2. The second-order valence-electron chi connectivity index (χ2n) is 3.58. The van der Waals surface area contributed by atoms with Gasteiger partial charge in [0, 0.05) is 5.56 Å². The first-order chi connectivity index (χ1) is 8.45. The molecular formula is C12H13F2NO3. The van der Waals surface area contributed by atoms with Gasteiger partial charge in [0.25, 0.3) is 5.91 Å². The highest BCUT2D eigenvalue weighted by Crippen LogP contribution is 2.08. The summed E-state index contributed by atoms with van der Waals surface area (Å²) in [6.45, 7) is 3.28. The van der Waals surface area contributed by atoms with E-state index in [0.717, 1.165) is 18.2 Å². The molecule has 0 bridgehead atoms. The summed E-state index contributed by atoms with van der Waals surface area (Å²) in [5.41, 5.74) is -0.0648. The van der Waals surface area contributed by atoms with Crippen molar-refractivity contribution >= 4 is 11.9 Å². The third-order valence-electron chi connectivity index (χ3n) is 2.17. The molecule has 1 unspecified atom stereocenters. The lowest BCUT2D eigenvalue weighted by molar-refractivity contribution is -0.144. The average Bonchev–Trinajstić information content (AvgIpc) is 2.32. The normalized spacial score (nSPS) is 11.8. The van der Waals surface area contributed by atoms with Gasteiger partial charge in [0.2, 0.25) is 0 Å². The second kappa shape index (κ2) is 6.09. The first-order valence-corrected chi connectivity index (χ1v) is 5.38. The molecule has 1 N–H and O–H groups in total. The molecule has 0 saturated heterocycles. The summed E-state index contributed by atoms with van der Waals surface area (Å²) >= 11 is 0. The van der Waals surface area contributed by atoms with Crippen LogP contribution >= 0.6 is 0 Å². The van der Waals surface area contributed by atoms with Crippen molar-refractivity contribution in [2.24, 2.45) is 0 Å². The number of esters is 1. The molecule has 0 aliphatic carbocycles. The van der Waals surface area contributed by atoms with E-state index in [1.54, 1.807) is 6.92 Å². The minimum Gasteiger partial charge on any atom is -0.464 e. The number of nitrogens with one attached hydrogen (secondary N) is 1. The molecule has 1 atom stereocenters. The van der Waals surface area contributed by atoms with Crippen molar-refractivity contribution < 1.29 is 23.1 Å². The number of ether oxygens (including phenoxy) is 1. The van der Waals surface area contributed by atoms with Crippen molar-refractivity contribution in [3.63, 3.8) is 0 Å². The summed E-state index contributed by atoms with van der Waals surface area (Å²) in [5, 5.41) is 2.32. The maximum Gasteiger partial charge on any atom is 0.328 e. The van der Waals surface area contributed by atoms with Crippen molar-refractivity contribution in [3.8, 4) is 0 Å². The van der Waals surface area contributed by atoms with Gasteiger partial charge in [-0.05, 0) is 32.0 Å². The van der Waals surface area contributed by atoms with Crippen molar-refractivity contribution in [2.75, 3.05) is 6.61 Å². The van der Waals surface area contributed by atoms with E-state index in [-0.39, 0.29) is 12.2 Å². The smallest absolute Gasteiger partial charge is 0.328 e. The van der Waals surface area contributed by atoms with Gasteiger partial charge in [-0.1, -0.05) is 0 Å². The Morgan fingerprint density at radius 3 is 2.56 bits per heavy atom. The number of rotatable bonds is 4. The average molecular weight is 257 g/mol. The van der Waals surface area contributed by atoms with Crippen molar-refractivity contribution in [2.45, 2.75) is 19.9 Å². The number of halogens is 2. The molecule has 0 heterocycles. The topological polar surface area (TPSA) is 55.4 Å². The maximum absolute atomic E-state index is 12.9. The summed E-state index contributed by atoms with van der Waals surface area (Å²) in [6, 6.07) is 1.89. The van der Waals surface area contributed by atoms with Crippen LogP contribution in [0.25, 0.3) is 0 Å². The van der Waals surface area contributed by atoms with Crippen LogP contribution in [-0.4, -0.2) is 24.5 Å². The van der Waals surface area contributed by atoms with Crippen LogP contribution in [0.5, 0.6) is 0 Å². The fourth-order valence-electron chi connectivity index (χ4n) is 1.24. The molecule has 1 aromatic carbocycles. The van der Waals surface area contributed by atoms with E-state index in [0.29, 0.717) is 0 Å². The highest BCUT2D eigenvalue weighted by atomic mass is 19.2. The number of hydrogen-bond donors (Lipinski definition) is 1. The summed E-state index contributed by atoms with van der Waals surface area (Å²) in [5.74, 6) is -3.42. The molecule has 4 nitrogen and oxygen atoms in total. The number of hydrogen-bond acceptors (Lipinski definition) is 3.